The summed E-state index contributed by atoms with van der Waals surface area (Å²) < 4.78 is 0. The smallest absolute Gasteiger partial charge is 0.0820 e. The van der Waals surface area contributed by atoms with Gasteiger partial charge in [-0.15, -0.1) is 0 Å². The molecule has 0 aromatic heterocycles. The summed E-state index contributed by atoms with van der Waals surface area (Å²) in [7, 11) is 0. The average Bonchev–Trinajstić information content (AvgIpc) is 1.83. The van der Waals surface area contributed by atoms with Gasteiger partial charge in [0.1, 0.15) is 0 Å². The highest BCUT2D eigenvalue weighted by molar-refractivity contribution is 5.12. The van der Waals surface area contributed by atoms with E-state index in [9.17, 15) is 0 Å². The van der Waals surface area contributed by atoms with E-state index in [2.05, 4.69) is 6.92 Å². The highest BCUT2D eigenvalue weighted by Gasteiger charge is 1.74. The van der Waals surface area contributed by atoms with E-state index in [-0.39, 0.29) is 0 Å². The molecule has 0 aliphatic rings. The summed E-state index contributed by atoms with van der Waals surface area (Å²) >= 11 is 0. The van der Waals surface area contributed by atoms with Crippen molar-refractivity contribution in [3.63, 3.8) is 0 Å². The van der Waals surface area contributed by atoms with Crippen LogP contribution in [-0.2, 0) is 0 Å². The first-order chi connectivity index (χ1) is 3.81. The third kappa shape index (κ3) is 3.47. The maximum absolute atomic E-state index is 8.35. The van der Waals surface area contributed by atoms with E-state index < -0.39 is 0 Å². The average molecular weight is 112 g/mol. The van der Waals surface area contributed by atoms with E-state index in [1.807, 2.05) is 19.1 Å². The summed E-state index contributed by atoms with van der Waals surface area (Å²) in [6, 6.07) is 0. The van der Waals surface area contributed by atoms with Crippen LogP contribution in [0.15, 0.2) is 24.0 Å². The van der Waals surface area contributed by atoms with Crippen molar-refractivity contribution in [1.82, 2.24) is 0 Å². The van der Waals surface area contributed by atoms with Gasteiger partial charge in [0.15, 0.2) is 0 Å². The standard InChI is InChI=1S/C7H12O/c1-3-4-5-7(2)6-8/h4-6,8H,3H2,1-2H3/b5-4+,7-6+. The molecule has 0 aliphatic carbocycles. The molecule has 0 bridgehead atoms. The van der Waals surface area contributed by atoms with Gasteiger partial charge in [0, 0.05) is 0 Å². The van der Waals surface area contributed by atoms with E-state index in [0.29, 0.717) is 0 Å². The Morgan fingerprint density at radius 1 is 1.62 bits per heavy atom. The largest absolute Gasteiger partial charge is 0.515 e. The number of aliphatic hydroxyl groups excluding tert-OH is 1. The highest BCUT2D eigenvalue weighted by Crippen LogP contribution is 1.92. The fraction of sp³-hybridized carbons (Fsp3) is 0.429. The molecule has 0 aromatic carbocycles. The maximum Gasteiger partial charge on any atom is 0.0820 e. The van der Waals surface area contributed by atoms with Crippen LogP contribution in [0, 0.1) is 0 Å². The minimum absolute atomic E-state index is 0.895. The van der Waals surface area contributed by atoms with Crippen molar-refractivity contribution >= 4 is 0 Å². The molecular formula is C7H12O. The molecule has 0 aliphatic heterocycles. The molecule has 0 aromatic rings. The summed E-state index contributed by atoms with van der Waals surface area (Å²) in [6.45, 7) is 3.91. The van der Waals surface area contributed by atoms with Crippen molar-refractivity contribution in [2.24, 2.45) is 0 Å². The zero-order valence-electron chi connectivity index (χ0n) is 5.39. The van der Waals surface area contributed by atoms with Crippen molar-refractivity contribution < 1.29 is 5.11 Å². The van der Waals surface area contributed by atoms with Gasteiger partial charge in [0.05, 0.1) is 6.26 Å². The van der Waals surface area contributed by atoms with E-state index in [4.69, 9.17) is 5.11 Å². The molecule has 0 radical (unpaired) electrons. The van der Waals surface area contributed by atoms with Gasteiger partial charge in [-0.3, -0.25) is 0 Å². The molecule has 0 heterocycles. The van der Waals surface area contributed by atoms with Crippen LogP contribution in [0.1, 0.15) is 20.3 Å². The van der Waals surface area contributed by atoms with Gasteiger partial charge in [-0.25, -0.2) is 0 Å². The zero-order valence-corrected chi connectivity index (χ0v) is 5.39. The third-order valence-electron chi connectivity index (χ3n) is 0.820. The van der Waals surface area contributed by atoms with Gasteiger partial charge in [-0.05, 0) is 18.9 Å². The first-order valence-electron chi connectivity index (χ1n) is 2.78. The highest BCUT2D eigenvalue weighted by atomic mass is 16.2. The van der Waals surface area contributed by atoms with Gasteiger partial charge < -0.3 is 5.11 Å². The number of hydrogen-bond donors (Lipinski definition) is 1. The predicted octanol–water partition coefficient (Wildman–Crippen LogP) is 2.41. The second-order valence-corrected chi connectivity index (χ2v) is 1.68. The summed E-state index contributed by atoms with van der Waals surface area (Å²) in [5.74, 6) is 0. The topological polar surface area (TPSA) is 20.2 Å². The van der Waals surface area contributed by atoms with Gasteiger partial charge in [0.2, 0.25) is 0 Å². The lowest BCUT2D eigenvalue weighted by Gasteiger charge is -1.83. The maximum atomic E-state index is 8.35. The van der Waals surface area contributed by atoms with Crippen LogP contribution in [0.5, 0.6) is 0 Å². The normalized spacial score (nSPS) is 13.0. The number of rotatable bonds is 2. The van der Waals surface area contributed by atoms with Crippen LogP contribution in [0.25, 0.3) is 0 Å². The lowest BCUT2D eigenvalue weighted by molar-refractivity contribution is 0.469. The summed E-state index contributed by atoms with van der Waals surface area (Å²) in [4.78, 5) is 0. The molecule has 0 unspecified atom stereocenters. The molecule has 0 saturated heterocycles. The van der Waals surface area contributed by atoms with Crippen LogP contribution in [0.3, 0.4) is 0 Å². The molecule has 0 spiro atoms. The minimum Gasteiger partial charge on any atom is -0.515 e. The SMILES string of the molecule is CC/C=C/C(C)=C/O. The van der Waals surface area contributed by atoms with Crippen LogP contribution < -0.4 is 0 Å². The van der Waals surface area contributed by atoms with Gasteiger partial charge in [-0.1, -0.05) is 19.1 Å². The molecule has 46 valence electrons. The molecule has 0 saturated carbocycles. The van der Waals surface area contributed by atoms with Crippen LogP contribution in [-0.4, -0.2) is 5.11 Å². The zero-order chi connectivity index (χ0) is 6.41. The van der Waals surface area contributed by atoms with E-state index >= 15 is 0 Å². The summed E-state index contributed by atoms with van der Waals surface area (Å²) in [5.41, 5.74) is 0.895. The van der Waals surface area contributed by atoms with Crippen LogP contribution in [0.2, 0.25) is 0 Å². The van der Waals surface area contributed by atoms with E-state index in [1.54, 1.807) is 0 Å². The molecule has 0 amide bonds. The first-order valence-corrected chi connectivity index (χ1v) is 2.78. The van der Waals surface area contributed by atoms with Crippen LogP contribution >= 0.6 is 0 Å². The predicted molar refractivity (Wildman–Crippen MR) is 35.8 cm³/mol. The van der Waals surface area contributed by atoms with Crippen molar-refractivity contribution in [3.8, 4) is 0 Å². The Labute approximate surface area is 50.3 Å². The Morgan fingerprint density at radius 3 is 2.62 bits per heavy atom. The lowest BCUT2D eigenvalue weighted by atomic mass is 10.3. The number of hydrogen-bond acceptors (Lipinski definition) is 1. The number of aliphatic hydroxyl groups is 1. The quantitative estimate of drug-likeness (QED) is 0.429. The van der Waals surface area contributed by atoms with Gasteiger partial charge in [0.25, 0.3) is 0 Å². The Morgan fingerprint density at radius 2 is 2.25 bits per heavy atom. The fourth-order valence-electron chi connectivity index (χ4n) is 0.347. The van der Waals surface area contributed by atoms with Crippen molar-refractivity contribution in [2.45, 2.75) is 20.3 Å². The second kappa shape index (κ2) is 4.44. The molecule has 1 nitrogen and oxygen atoms in total. The second-order valence-electron chi connectivity index (χ2n) is 1.68. The molecule has 1 N–H and O–H groups in total. The summed E-state index contributed by atoms with van der Waals surface area (Å²) in [5, 5.41) is 8.35. The van der Waals surface area contributed by atoms with Gasteiger partial charge in [-0.2, -0.15) is 0 Å². The fourth-order valence-corrected chi connectivity index (χ4v) is 0.347. The Hall–Kier alpha value is -0.720. The van der Waals surface area contributed by atoms with Crippen molar-refractivity contribution in [1.29, 1.82) is 0 Å². The molecule has 1 heteroatoms. The van der Waals surface area contributed by atoms with E-state index in [1.165, 1.54) is 0 Å². The van der Waals surface area contributed by atoms with Gasteiger partial charge >= 0.3 is 0 Å². The molecule has 0 rings (SSSR count). The third-order valence-corrected chi connectivity index (χ3v) is 0.820. The van der Waals surface area contributed by atoms with Crippen molar-refractivity contribution in [3.05, 3.63) is 24.0 Å². The van der Waals surface area contributed by atoms with Crippen LogP contribution in [0.4, 0.5) is 0 Å². The molecule has 0 atom stereocenters. The Balaban J connectivity index is 3.53. The molecule has 8 heavy (non-hydrogen) atoms. The Bertz CT molecular complexity index is 101. The monoisotopic (exact) mass is 112 g/mol. The van der Waals surface area contributed by atoms with Crippen molar-refractivity contribution in [2.75, 3.05) is 0 Å². The number of allylic oxidation sites excluding steroid dienone is 3. The minimum atomic E-state index is 0.895. The molecule has 0 fully saturated rings. The summed E-state index contributed by atoms with van der Waals surface area (Å²) in [6.07, 6.45) is 6.01. The molecular weight excluding hydrogens is 100 g/mol. The lowest BCUT2D eigenvalue weighted by Crippen LogP contribution is -1.64. The Kier molecular flexibility index (Phi) is 4.04. The van der Waals surface area contributed by atoms with E-state index in [0.717, 1.165) is 18.3 Å². The first kappa shape index (κ1) is 7.28.